The largest absolute Gasteiger partial charge is 0.370 e. The summed E-state index contributed by atoms with van der Waals surface area (Å²) in [6, 6.07) is 0. The van der Waals surface area contributed by atoms with Crippen LogP contribution in [0.5, 0.6) is 0 Å². The molecule has 20 heavy (non-hydrogen) atoms. The first kappa shape index (κ1) is 15.6. The van der Waals surface area contributed by atoms with Crippen LogP contribution in [0.3, 0.4) is 0 Å². The molecule has 0 radical (unpaired) electrons. The van der Waals surface area contributed by atoms with Crippen LogP contribution < -0.4 is 5.73 Å². The van der Waals surface area contributed by atoms with Gasteiger partial charge in [0.2, 0.25) is 0 Å². The van der Waals surface area contributed by atoms with Crippen molar-refractivity contribution in [2.75, 3.05) is 44.2 Å². The molecule has 0 aromatic heterocycles. The number of rotatable bonds is 5. The first-order chi connectivity index (χ1) is 9.42. The van der Waals surface area contributed by atoms with Crippen molar-refractivity contribution in [1.82, 2.24) is 9.80 Å². The smallest absolute Gasteiger partial charge is 0.191 e. The van der Waals surface area contributed by atoms with E-state index in [4.69, 9.17) is 5.73 Å². The summed E-state index contributed by atoms with van der Waals surface area (Å²) < 4.78 is 24.0. The standard InChI is InChI=1S/C13H26N4O2S/c1-3-16(4-2)7-8-17-12(14)15-10-13(17)6-5-9-20(18,19)11-13/h3-11H2,1-2H3,(H2,14,15). The van der Waals surface area contributed by atoms with Crippen LogP contribution in [0, 0.1) is 0 Å². The van der Waals surface area contributed by atoms with Crippen molar-refractivity contribution in [3.63, 3.8) is 0 Å². The van der Waals surface area contributed by atoms with Crippen LogP contribution in [0.2, 0.25) is 0 Å². The Balaban J connectivity index is 2.09. The maximum absolute atomic E-state index is 12.0. The van der Waals surface area contributed by atoms with Crippen LogP contribution in [0.15, 0.2) is 4.99 Å². The van der Waals surface area contributed by atoms with E-state index in [-0.39, 0.29) is 11.3 Å². The first-order valence-electron chi connectivity index (χ1n) is 7.43. The van der Waals surface area contributed by atoms with E-state index in [1.54, 1.807) is 0 Å². The van der Waals surface area contributed by atoms with Gasteiger partial charge in [0.15, 0.2) is 15.8 Å². The molecule has 6 nitrogen and oxygen atoms in total. The highest BCUT2D eigenvalue weighted by Gasteiger charge is 2.47. The third kappa shape index (κ3) is 3.09. The zero-order valence-corrected chi connectivity index (χ0v) is 13.3. The number of nitrogens with two attached hydrogens (primary N) is 1. The molecule has 1 saturated heterocycles. The molecule has 116 valence electrons. The fourth-order valence-corrected chi connectivity index (χ4v) is 5.23. The van der Waals surface area contributed by atoms with Gasteiger partial charge in [0, 0.05) is 13.1 Å². The third-order valence-electron chi connectivity index (χ3n) is 4.50. The van der Waals surface area contributed by atoms with Gasteiger partial charge in [-0.1, -0.05) is 13.8 Å². The maximum atomic E-state index is 12.0. The summed E-state index contributed by atoms with van der Waals surface area (Å²) in [5, 5.41) is 0. The maximum Gasteiger partial charge on any atom is 0.191 e. The first-order valence-corrected chi connectivity index (χ1v) is 9.25. The average Bonchev–Trinajstić information content (AvgIpc) is 2.67. The van der Waals surface area contributed by atoms with E-state index in [9.17, 15) is 8.42 Å². The molecule has 0 saturated carbocycles. The molecular weight excluding hydrogens is 276 g/mol. The van der Waals surface area contributed by atoms with Crippen molar-refractivity contribution in [2.45, 2.75) is 32.2 Å². The SMILES string of the molecule is CCN(CC)CCN1C(N)=NCC12CCCS(=O)(=O)C2. The fourth-order valence-electron chi connectivity index (χ4n) is 3.29. The van der Waals surface area contributed by atoms with Gasteiger partial charge >= 0.3 is 0 Å². The second-order valence-corrected chi connectivity index (χ2v) is 7.96. The number of likely N-dealkylation sites (N-methyl/N-ethyl adjacent to an activating group) is 1. The zero-order valence-electron chi connectivity index (χ0n) is 12.5. The van der Waals surface area contributed by atoms with Gasteiger partial charge in [0.05, 0.1) is 23.6 Å². The minimum atomic E-state index is -2.96. The summed E-state index contributed by atoms with van der Waals surface area (Å²) in [6.45, 7) is 8.42. The predicted octanol–water partition coefficient (Wildman–Crippen LogP) is -0.0941. The van der Waals surface area contributed by atoms with Crippen LogP contribution in [-0.2, 0) is 9.84 Å². The van der Waals surface area contributed by atoms with Gasteiger partial charge < -0.3 is 15.5 Å². The Morgan fingerprint density at radius 1 is 1.40 bits per heavy atom. The van der Waals surface area contributed by atoms with Crippen LogP contribution in [-0.4, -0.2) is 73.9 Å². The van der Waals surface area contributed by atoms with Crippen molar-refractivity contribution >= 4 is 15.8 Å². The number of hydrogen-bond acceptors (Lipinski definition) is 6. The molecule has 0 amide bonds. The lowest BCUT2D eigenvalue weighted by atomic mass is 9.94. The zero-order chi connectivity index (χ0) is 14.8. The molecule has 2 rings (SSSR count). The van der Waals surface area contributed by atoms with Crippen molar-refractivity contribution in [1.29, 1.82) is 0 Å². The Kier molecular flexibility index (Phi) is 4.59. The summed E-state index contributed by atoms with van der Waals surface area (Å²) in [7, 11) is -2.96. The van der Waals surface area contributed by atoms with E-state index in [1.807, 2.05) is 4.90 Å². The summed E-state index contributed by atoms with van der Waals surface area (Å²) in [5.74, 6) is 1.01. The minimum absolute atomic E-state index is 0.197. The molecule has 1 spiro atoms. The Morgan fingerprint density at radius 2 is 2.10 bits per heavy atom. The molecule has 7 heteroatoms. The van der Waals surface area contributed by atoms with Gasteiger partial charge in [0.25, 0.3) is 0 Å². The summed E-state index contributed by atoms with van der Waals surface area (Å²) in [5.41, 5.74) is 5.62. The number of sulfone groups is 1. The van der Waals surface area contributed by atoms with E-state index in [0.29, 0.717) is 24.7 Å². The highest BCUT2D eigenvalue weighted by atomic mass is 32.2. The molecule has 2 heterocycles. The molecule has 2 aliphatic heterocycles. The van der Waals surface area contributed by atoms with Crippen LogP contribution in [0.1, 0.15) is 26.7 Å². The summed E-state index contributed by atoms with van der Waals surface area (Å²) in [4.78, 5) is 8.69. The number of aliphatic imine (C=N–C) groups is 1. The molecule has 1 fully saturated rings. The molecular formula is C13H26N4O2S. The van der Waals surface area contributed by atoms with Crippen LogP contribution in [0.25, 0.3) is 0 Å². The topological polar surface area (TPSA) is 79.0 Å². The van der Waals surface area contributed by atoms with Gasteiger partial charge in [-0.3, -0.25) is 4.99 Å². The highest BCUT2D eigenvalue weighted by Crippen LogP contribution is 2.32. The van der Waals surface area contributed by atoms with Gasteiger partial charge in [-0.25, -0.2) is 8.42 Å². The second kappa shape index (κ2) is 5.89. The van der Waals surface area contributed by atoms with Crippen molar-refractivity contribution in [2.24, 2.45) is 10.7 Å². The molecule has 1 atom stereocenters. The van der Waals surface area contributed by atoms with Gasteiger partial charge in [-0.05, 0) is 25.9 Å². The van der Waals surface area contributed by atoms with E-state index in [0.717, 1.165) is 32.6 Å². The molecule has 2 aliphatic rings. The average molecular weight is 302 g/mol. The molecule has 0 bridgehead atoms. The van der Waals surface area contributed by atoms with E-state index in [2.05, 4.69) is 23.7 Å². The quantitative estimate of drug-likeness (QED) is 0.767. The molecule has 1 unspecified atom stereocenters. The number of hydrogen-bond donors (Lipinski definition) is 1. The van der Waals surface area contributed by atoms with Crippen LogP contribution >= 0.6 is 0 Å². The van der Waals surface area contributed by atoms with Crippen molar-refractivity contribution in [3.8, 4) is 0 Å². The highest BCUT2D eigenvalue weighted by molar-refractivity contribution is 7.91. The molecule has 0 aliphatic carbocycles. The van der Waals surface area contributed by atoms with Gasteiger partial charge in [-0.15, -0.1) is 0 Å². The Bertz CT molecular complexity index is 473. The summed E-state index contributed by atoms with van der Waals surface area (Å²) >= 11 is 0. The minimum Gasteiger partial charge on any atom is -0.370 e. The molecule has 0 aromatic rings. The Labute approximate surface area is 121 Å². The van der Waals surface area contributed by atoms with E-state index < -0.39 is 9.84 Å². The van der Waals surface area contributed by atoms with Crippen molar-refractivity contribution < 1.29 is 8.42 Å². The normalized spacial score (nSPS) is 29.1. The lowest BCUT2D eigenvalue weighted by Crippen LogP contribution is -2.59. The predicted molar refractivity (Wildman–Crippen MR) is 81.6 cm³/mol. The third-order valence-corrected chi connectivity index (χ3v) is 6.39. The lowest BCUT2D eigenvalue weighted by molar-refractivity contribution is 0.175. The Hall–Kier alpha value is -0.820. The fraction of sp³-hybridized carbons (Fsp3) is 0.923. The molecule has 2 N–H and O–H groups in total. The Morgan fingerprint density at radius 3 is 2.70 bits per heavy atom. The van der Waals surface area contributed by atoms with Gasteiger partial charge in [-0.2, -0.15) is 0 Å². The lowest BCUT2D eigenvalue weighted by Gasteiger charge is -2.42. The number of nitrogens with zero attached hydrogens (tertiary/aromatic N) is 3. The monoisotopic (exact) mass is 302 g/mol. The summed E-state index contributed by atoms with van der Waals surface area (Å²) in [6.07, 6.45) is 1.58. The van der Waals surface area contributed by atoms with Crippen molar-refractivity contribution in [3.05, 3.63) is 0 Å². The second-order valence-electron chi connectivity index (χ2n) is 5.77. The molecule has 0 aromatic carbocycles. The van der Waals surface area contributed by atoms with E-state index in [1.165, 1.54) is 0 Å². The van der Waals surface area contributed by atoms with E-state index >= 15 is 0 Å². The number of guanidine groups is 1. The van der Waals surface area contributed by atoms with Gasteiger partial charge in [0.1, 0.15) is 0 Å². The van der Waals surface area contributed by atoms with Crippen LogP contribution in [0.4, 0.5) is 0 Å².